The second kappa shape index (κ2) is 5.53. The van der Waals surface area contributed by atoms with E-state index >= 15 is 0 Å². The lowest BCUT2D eigenvalue weighted by atomic mass is 10.1. The smallest absolute Gasteiger partial charge is 0.335 e. The van der Waals surface area contributed by atoms with Crippen molar-refractivity contribution in [3.05, 3.63) is 29.3 Å². The van der Waals surface area contributed by atoms with Gasteiger partial charge in [-0.1, -0.05) is 0 Å². The van der Waals surface area contributed by atoms with Crippen LogP contribution in [0.25, 0.3) is 0 Å². The number of rotatable bonds is 4. The lowest BCUT2D eigenvalue weighted by molar-refractivity contribution is -0.122. The summed E-state index contributed by atoms with van der Waals surface area (Å²) in [7, 11) is 0. The quantitative estimate of drug-likeness (QED) is 0.877. The van der Waals surface area contributed by atoms with Gasteiger partial charge in [0.2, 0.25) is 5.91 Å². The van der Waals surface area contributed by atoms with Crippen LogP contribution in [0.3, 0.4) is 0 Å². The maximum absolute atomic E-state index is 12.1. The van der Waals surface area contributed by atoms with Crippen LogP contribution in [0.4, 0.5) is 5.69 Å². The molecular weight excluding hydrogens is 256 g/mol. The van der Waals surface area contributed by atoms with Gasteiger partial charge in [0.05, 0.1) is 5.56 Å². The molecule has 0 aliphatic carbocycles. The van der Waals surface area contributed by atoms with E-state index in [1.807, 2.05) is 25.7 Å². The minimum atomic E-state index is -0.920. The van der Waals surface area contributed by atoms with E-state index in [-0.39, 0.29) is 18.0 Å². The lowest BCUT2D eigenvalue weighted by Crippen LogP contribution is -2.46. The maximum atomic E-state index is 12.1. The van der Waals surface area contributed by atoms with E-state index in [1.54, 1.807) is 18.2 Å². The predicted molar refractivity (Wildman–Crippen MR) is 77.2 cm³/mol. The van der Waals surface area contributed by atoms with Crippen LogP contribution >= 0.6 is 0 Å². The van der Waals surface area contributed by atoms with E-state index in [0.29, 0.717) is 5.56 Å². The van der Waals surface area contributed by atoms with Gasteiger partial charge < -0.3 is 15.3 Å². The SMILES string of the molecule is CC(C)NC(=O)C(C)N1CCc2cc(C(=O)O)ccc21. The Labute approximate surface area is 118 Å². The van der Waals surface area contributed by atoms with Gasteiger partial charge in [-0.25, -0.2) is 4.79 Å². The second-order valence-corrected chi connectivity index (χ2v) is 5.43. The number of fused-ring (bicyclic) bond motifs is 1. The summed E-state index contributed by atoms with van der Waals surface area (Å²) in [5, 5.41) is 11.9. The van der Waals surface area contributed by atoms with Crippen molar-refractivity contribution in [2.45, 2.75) is 39.3 Å². The van der Waals surface area contributed by atoms with Crippen LogP contribution in [-0.2, 0) is 11.2 Å². The number of amides is 1. The molecule has 1 aliphatic heterocycles. The number of carbonyl (C=O) groups is 2. The molecule has 0 radical (unpaired) electrons. The fraction of sp³-hybridized carbons (Fsp3) is 0.467. The Bertz CT molecular complexity index is 540. The molecule has 1 aliphatic rings. The summed E-state index contributed by atoms with van der Waals surface area (Å²) in [4.78, 5) is 25.1. The largest absolute Gasteiger partial charge is 0.478 e. The average molecular weight is 276 g/mol. The number of aromatic carboxylic acids is 1. The minimum Gasteiger partial charge on any atom is -0.478 e. The van der Waals surface area contributed by atoms with E-state index in [2.05, 4.69) is 5.32 Å². The van der Waals surface area contributed by atoms with Gasteiger partial charge >= 0.3 is 5.97 Å². The molecule has 0 bridgehead atoms. The average Bonchev–Trinajstić information content (AvgIpc) is 2.79. The minimum absolute atomic E-state index is 0.00448. The van der Waals surface area contributed by atoms with E-state index in [0.717, 1.165) is 24.2 Å². The molecule has 108 valence electrons. The molecule has 20 heavy (non-hydrogen) atoms. The Morgan fingerprint density at radius 1 is 1.30 bits per heavy atom. The third-order valence-corrected chi connectivity index (χ3v) is 3.54. The van der Waals surface area contributed by atoms with Gasteiger partial charge in [0.15, 0.2) is 0 Å². The van der Waals surface area contributed by atoms with Gasteiger partial charge in [-0.15, -0.1) is 0 Å². The van der Waals surface area contributed by atoms with Crippen molar-refractivity contribution in [2.24, 2.45) is 0 Å². The number of benzene rings is 1. The second-order valence-electron chi connectivity index (χ2n) is 5.43. The monoisotopic (exact) mass is 276 g/mol. The summed E-state index contributed by atoms with van der Waals surface area (Å²) in [6, 6.07) is 4.94. The van der Waals surface area contributed by atoms with Crippen molar-refractivity contribution in [3.63, 3.8) is 0 Å². The molecular formula is C15H20N2O3. The van der Waals surface area contributed by atoms with Crippen LogP contribution in [0.2, 0.25) is 0 Å². The van der Waals surface area contributed by atoms with E-state index in [4.69, 9.17) is 5.11 Å². The molecule has 0 saturated carbocycles. The van der Waals surface area contributed by atoms with Crippen molar-refractivity contribution in [3.8, 4) is 0 Å². The first-order valence-corrected chi connectivity index (χ1v) is 6.83. The van der Waals surface area contributed by atoms with Gasteiger partial charge in [0.25, 0.3) is 0 Å². The summed E-state index contributed by atoms with van der Waals surface area (Å²) in [5.74, 6) is -0.924. The molecule has 1 aromatic carbocycles. The lowest BCUT2D eigenvalue weighted by Gasteiger charge is -2.27. The number of nitrogens with zero attached hydrogens (tertiary/aromatic N) is 1. The van der Waals surface area contributed by atoms with Crippen LogP contribution in [0, 0.1) is 0 Å². The number of carbonyl (C=O) groups excluding carboxylic acids is 1. The zero-order valence-electron chi connectivity index (χ0n) is 12.0. The first-order valence-electron chi connectivity index (χ1n) is 6.83. The highest BCUT2D eigenvalue weighted by Crippen LogP contribution is 2.30. The molecule has 0 spiro atoms. The van der Waals surface area contributed by atoms with E-state index < -0.39 is 5.97 Å². The molecule has 2 rings (SSSR count). The molecule has 1 aromatic rings. The number of carboxylic acid groups (broad SMARTS) is 1. The van der Waals surface area contributed by atoms with Crippen molar-refractivity contribution >= 4 is 17.6 Å². The maximum Gasteiger partial charge on any atom is 0.335 e. The number of carboxylic acids is 1. The molecule has 0 aromatic heterocycles. The van der Waals surface area contributed by atoms with Crippen molar-refractivity contribution in [1.82, 2.24) is 5.32 Å². The van der Waals surface area contributed by atoms with Gasteiger partial charge in [-0.2, -0.15) is 0 Å². The van der Waals surface area contributed by atoms with Crippen LogP contribution in [0.15, 0.2) is 18.2 Å². The van der Waals surface area contributed by atoms with Crippen LogP contribution < -0.4 is 10.2 Å². The standard InChI is InChI=1S/C15H20N2O3/c1-9(2)16-14(18)10(3)17-7-6-11-8-12(15(19)20)4-5-13(11)17/h4-5,8-10H,6-7H2,1-3H3,(H,16,18)(H,19,20). The Balaban J connectivity index is 2.19. The van der Waals surface area contributed by atoms with E-state index in [9.17, 15) is 9.59 Å². The first kappa shape index (κ1) is 14.4. The first-order chi connectivity index (χ1) is 9.40. The molecule has 0 fully saturated rings. The van der Waals surface area contributed by atoms with Crippen LogP contribution in [0.5, 0.6) is 0 Å². The zero-order chi connectivity index (χ0) is 14.9. The Morgan fingerprint density at radius 2 is 2.00 bits per heavy atom. The van der Waals surface area contributed by atoms with Gasteiger partial charge in [-0.3, -0.25) is 4.79 Å². The fourth-order valence-electron chi connectivity index (χ4n) is 2.51. The molecule has 0 saturated heterocycles. The van der Waals surface area contributed by atoms with Crippen molar-refractivity contribution < 1.29 is 14.7 Å². The summed E-state index contributed by atoms with van der Waals surface area (Å²) in [6.45, 7) is 6.48. The highest BCUT2D eigenvalue weighted by atomic mass is 16.4. The number of nitrogens with one attached hydrogen (secondary N) is 1. The molecule has 2 N–H and O–H groups in total. The third-order valence-electron chi connectivity index (χ3n) is 3.54. The Kier molecular flexibility index (Phi) is 3.97. The molecule has 1 amide bonds. The molecule has 5 nitrogen and oxygen atoms in total. The summed E-state index contributed by atoms with van der Waals surface area (Å²) < 4.78 is 0. The normalized spacial score (nSPS) is 15.1. The fourth-order valence-corrected chi connectivity index (χ4v) is 2.51. The number of hydrogen-bond acceptors (Lipinski definition) is 3. The molecule has 1 heterocycles. The molecule has 5 heteroatoms. The Hall–Kier alpha value is -2.04. The van der Waals surface area contributed by atoms with Crippen LogP contribution in [-0.4, -0.2) is 35.6 Å². The number of hydrogen-bond donors (Lipinski definition) is 2. The summed E-state index contributed by atoms with van der Waals surface area (Å²) in [6.07, 6.45) is 0.774. The van der Waals surface area contributed by atoms with Gasteiger partial charge in [0, 0.05) is 18.3 Å². The van der Waals surface area contributed by atoms with Gasteiger partial charge in [0.1, 0.15) is 6.04 Å². The predicted octanol–water partition coefficient (Wildman–Crippen LogP) is 1.66. The Morgan fingerprint density at radius 3 is 2.60 bits per heavy atom. The van der Waals surface area contributed by atoms with E-state index in [1.165, 1.54) is 0 Å². The third kappa shape index (κ3) is 2.76. The highest BCUT2D eigenvalue weighted by molar-refractivity contribution is 5.90. The van der Waals surface area contributed by atoms with Crippen molar-refractivity contribution in [2.75, 3.05) is 11.4 Å². The molecule has 1 atom stereocenters. The zero-order valence-corrected chi connectivity index (χ0v) is 12.0. The summed E-state index contributed by atoms with van der Waals surface area (Å²) in [5.41, 5.74) is 2.25. The van der Waals surface area contributed by atoms with Gasteiger partial charge in [-0.05, 0) is 51.0 Å². The summed E-state index contributed by atoms with van der Waals surface area (Å²) >= 11 is 0. The van der Waals surface area contributed by atoms with Crippen LogP contribution in [0.1, 0.15) is 36.7 Å². The number of anilines is 1. The highest BCUT2D eigenvalue weighted by Gasteiger charge is 2.28. The topological polar surface area (TPSA) is 69.6 Å². The van der Waals surface area contributed by atoms with Crippen molar-refractivity contribution in [1.29, 1.82) is 0 Å². The molecule has 1 unspecified atom stereocenters.